The lowest BCUT2D eigenvalue weighted by Gasteiger charge is -2.23. The van der Waals surface area contributed by atoms with E-state index in [1.54, 1.807) is 31.0 Å². The minimum atomic E-state index is -0.500. The van der Waals surface area contributed by atoms with Crippen molar-refractivity contribution >= 4 is 34.9 Å². The number of carbonyl (C=O) groups is 2. The number of likely N-dealkylation sites (N-methyl/N-ethyl adjacent to an activating group) is 1. The van der Waals surface area contributed by atoms with Crippen LogP contribution in [0.15, 0.2) is 42.6 Å². The van der Waals surface area contributed by atoms with Gasteiger partial charge in [0.25, 0.3) is 0 Å². The van der Waals surface area contributed by atoms with E-state index < -0.39 is 6.04 Å². The standard InChI is InChI=1S/C19H23ClN4O2/c1-4-14-7-5-6-8-16(14)22-18(25)12-24(3)13(2)19(26)23-17-10-9-15(20)11-21-17/h5-11,13H,4,12H2,1-3H3,(H,22,25)(H,21,23,26)/t13-/m1/s1. The zero-order valence-corrected chi connectivity index (χ0v) is 15.9. The van der Waals surface area contributed by atoms with Crippen LogP contribution >= 0.6 is 11.6 Å². The van der Waals surface area contributed by atoms with Crippen molar-refractivity contribution in [3.63, 3.8) is 0 Å². The molecule has 0 unspecified atom stereocenters. The molecule has 0 radical (unpaired) electrons. The first-order valence-corrected chi connectivity index (χ1v) is 8.79. The Kier molecular flexibility index (Phi) is 7.12. The molecule has 1 aromatic heterocycles. The number of aromatic nitrogens is 1. The summed E-state index contributed by atoms with van der Waals surface area (Å²) >= 11 is 5.78. The molecule has 138 valence electrons. The van der Waals surface area contributed by atoms with Gasteiger partial charge in [0.15, 0.2) is 0 Å². The van der Waals surface area contributed by atoms with E-state index in [0.717, 1.165) is 17.7 Å². The van der Waals surface area contributed by atoms with Crippen LogP contribution in [0.3, 0.4) is 0 Å². The summed E-state index contributed by atoms with van der Waals surface area (Å²) in [6.45, 7) is 3.87. The third kappa shape index (κ3) is 5.54. The van der Waals surface area contributed by atoms with Crippen molar-refractivity contribution in [2.24, 2.45) is 0 Å². The second kappa shape index (κ2) is 9.31. The lowest BCUT2D eigenvalue weighted by Crippen LogP contribution is -2.43. The van der Waals surface area contributed by atoms with Crippen LogP contribution in [0.1, 0.15) is 19.4 Å². The number of anilines is 2. The van der Waals surface area contributed by atoms with E-state index in [2.05, 4.69) is 15.6 Å². The van der Waals surface area contributed by atoms with E-state index in [1.807, 2.05) is 31.2 Å². The Hall–Kier alpha value is -2.44. The molecular weight excluding hydrogens is 352 g/mol. The number of nitrogens with zero attached hydrogens (tertiary/aromatic N) is 2. The summed E-state index contributed by atoms with van der Waals surface area (Å²) in [5, 5.41) is 6.11. The van der Waals surface area contributed by atoms with Crippen LogP contribution in [0.4, 0.5) is 11.5 Å². The van der Waals surface area contributed by atoms with Crippen LogP contribution < -0.4 is 10.6 Å². The van der Waals surface area contributed by atoms with E-state index >= 15 is 0 Å². The Morgan fingerprint density at radius 2 is 1.92 bits per heavy atom. The molecule has 6 nitrogen and oxygen atoms in total. The number of rotatable bonds is 7. The number of hydrogen-bond acceptors (Lipinski definition) is 4. The van der Waals surface area contributed by atoms with Gasteiger partial charge in [0, 0.05) is 11.9 Å². The lowest BCUT2D eigenvalue weighted by molar-refractivity contribution is -0.122. The fourth-order valence-corrected chi connectivity index (χ4v) is 2.50. The molecule has 0 spiro atoms. The van der Waals surface area contributed by atoms with Gasteiger partial charge in [-0.05, 0) is 44.2 Å². The van der Waals surface area contributed by atoms with Gasteiger partial charge in [-0.2, -0.15) is 0 Å². The monoisotopic (exact) mass is 374 g/mol. The van der Waals surface area contributed by atoms with Gasteiger partial charge in [-0.3, -0.25) is 14.5 Å². The maximum Gasteiger partial charge on any atom is 0.242 e. The number of nitrogens with one attached hydrogen (secondary N) is 2. The van der Waals surface area contributed by atoms with Crippen LogP contribution in [0.25, 0.3) is 0 Å². The van der Waals surface area contributed by atoms with E-state index in [1.165, 1.54) is 6.20 Å². The average Bonchev–Trinajstić information content (AvgIpc) is 2.63. The second-order valence-corrected chi connectivity index (χ2v) is 6.44. The highest BCUT2D eigenvalue weighted by Crippen LogP contribution is 2.15. The molecule has 0 aliphatic rings. The molecule has 2 N–H and O–H groups in total. The number of benzene rings is 1. The molecule has 7 heteroatoms. The molecule has 2 aromatic rings. The van der Waals surface area contributed by atoms with Gasteiger partial charge in [0.05, 0.1) is 17.6 Å². The fourth-order valence-electron chi connectivity index (χ4n) is 2.38. The highest BCUT2D eigenvalue weighted by Gasteiger charge is 2.20. The number of pyridine rings is 1. The third-order valence-electron chi connectivity index (χ3n) is 4.08. The van der Waals surface area contributed by atoms with Gasteiger partial charge < -0.3 is 10.6 Å². The van der Waals surface area contributed by atoms with Crippen molar-refractivity contribution in [1.82, 2.24) is 9.88 Å². The summed E-state index contributed by atoms with van der Waals surface area (Å²) in [6.07, 6.45) is 2.30. The molecule has 0 bridgehead atoms. The predicted molar refractivity (Wildman–Crippen MR) is 104 cm³/mol. The van der Waals surface area contributed by atoms with Gasteiger partial charge in [-0.15, -0.1) is 0 Å². The van der Waals surface area contributed by atoms with Crippen LogP contribution in [0, 0.1) is 0 Å². The average molecular weight is 375 g/mol. The first-order valence-electron chi connectivity index (χ1n) is 8.41. The Bertz CT molecular complexity index is 764. The summed E-state index contributed by atoms with van der Waals surface area (Å²) in [5.74, 6) is 0.00252. The smallest absolute Gasteiger partial charge is 0.242 e. The van der Waals surface area contributed by atoms with Crippen LogP contribution in [0.5, 0.6) is 0 Å². The maximum absolute atomic E-state index is 12.3. The van der Waals surface area contributed by atoms with Gasteiger partial charge in [0.1, 0.15) is 5.82 Å². The van der Waals surface area contributed by atoms with Crippen molar-refractivity contribution in [2.45, 2.75) is 26.3 Å². The van der Waals surface area contributed by atoms with E-state index in [-0.39, 0.29) is 18.4 Å². The van der Waals surface area contributed by atoms with Crippen molar-refractivity contribution in [2.75, 3.05) is 24.2 Å². The molecule has 1 atom stereocenters. The molecule has 1 heterocycles. The van der Waals surface area contributed by atoms with E-state index in [4.69, 9.17) is 11.6 Å². The van der Waals surface area contributed by atoms with Crippen LogP contribution in [-0.2, 0) is 16.0 Å². The highest BCUT2D eigenvalue weighted by atomic mass is 35.5. The molecule has 2 rings (SSSR count). The SMILES string of the molecule is CCc1ccccc1NC(=O)CN(C)[C@H](C)C(=O)Nc1ccc(Cl)cn1. The zero-order valence-electron chi connectivity index (χ0n) is 15.1. The van der Waals surface area contributed by atoms with Crippen molar-refractivity contribution in [1.29, 1.82) is 0 Å². The first kappa shape index (κ1) is 19.9. The van der Waals surface area contributed by atoms with Crippen LogP contribution in [-0.4, -0.2) is 41.3 Å². The molecule has 26 heavy (non-hydrogen) atoms. The van der Waals surface area contributed by atoms with E-state index in [9.17, 15) is 9.59 Å². The Morgan fingerprint density at radius 1 is 1.19 bits per heavy atom. The quantitative estimate of drug-likeness (QED) is 0.780. The first-order chi connectivity index (χ1) is 12.4. The number of hydrogen-bond donors (Lipinski definition) is 2. The van der Waals surface area contributed by atoms with E-state index in [0.29, 0.717) is 10.8 Å². The molecule has 0 fully saturated rings. The zero-order chi connectivity index (χ0) is 19.1. The molecule has 0 saturated heterocycles. The minimum Gasteiger partial charge on any atom is -0.325 e. The van der Waals surface area contributed by atoms with Gasteiger partial charge in [-0.25, -0.2) is 4.98 Å². The highest BCUT2D eigenvalue weighted by molar-refractivity contribution is 6.30. The normalized spacial score (nSPS) is 11.9. The molecule has 2 amide bonds. The number of halogens is 1. The Balaban J connectivity index is 1.90. The molecule has 0 aliphatic carbocycles. The summed E-state index contributed by atoms with van der Waals surface area (Å²) in [6, 6.07) is 10.5. The molecule has 0 aliphatic heterocycles. The van der Waals surface area contributed by atoms with Crippen molar-refractivity contribution in [3.05, 3.63) is 53.2 Å². The summed E-state index contributed by atoms with van der Waals surface area (Å²) in [5.41, 5.74) is 1.87. The number of para-hydroxylation sites is 1. The number of amides is 2. The predicted octanol–water partition coefficient (Wildman–Crippen LogP) is 3.19. The van der Waals surface area contributed by atoms with Crippen LogP contribution in [0.2, 0.25) is 5.02 Å². The number of aryl methyl sites for hydroxylation is 1. The molecular formula is C19H23ClN4O2. The van der Waals surface area contributed by atoms with Crippen molar-refractivity contribution in [3.8, 4) is 0 Å². The lowest BCUT2D eigenvalue weighted by atomic mass is 10.1. The largest absolute Gasteiger partial charge is 0.325 e. The topological polar surface area (TPSA) is 74.3 Å². The summed E-state index contributed by atoms with van der Waals surface area (Å²) in [7, 11) is 1.73. The minimum absolute atomic E-state index is 0.0979. The Morgan fingerprint density at radius 3 is 2.58 bits per heavy atom. The third-order valence-corrected chi connectivity index (χ3v) is 4.31. The maximum atomic E-state index is 12.3. The molecule has 0 saturated carbocycles. The van der Waals surface area contributed by atoms with Gasteiger partial charge in [-0.1, -0.05) is 36.7 Å². The number of carbonyl (C=O) groups excluding carboxylic acids is 2. The second-order valence-electron chi connectivity index (χ2n) is 6.00. The fraction of sp³-hybridized carbons (Fsp3) is 0.316. The summed E-state index contributed by atoms with van der Waals surface area (Å²) in [4.78, 5) is 30.3. The van der Waals surface area contributed by atoms with Crippen molar-refractivity contribution < 1.29 is 9.59 Å². The van der Waals surface area contributed by atoms with Gasteiger partial charge >= 0.3 is 0 Å². The molecule has 1 aromatic carbocycles. The Labute approximate surface area is 158 Å². The summed E-state index contributed by atoms with van der Waals surface area (Å²) < 4.78 is 0. The van der Waals surface area contributed by atoms with Gasteiger partial charge in [0.2, 0.25) is 11.8 Å².